The highest BCUT2D eigenvalue weighted by Gasteiger charge is 2.15. The maximum Gasteiger partial charge on any atom is 0.341 e. The molecule has 21 heavy (non-hydrogen) atoms. The van der Waals surface area contributed by atoms with Gasteiger partial charge in [0.25, 0.3) is 0 Å². The van der Waals surface area contributed by atoms with Crippen molar-refractivity contribution >= 4 is 11.8 Å². The number of ether oxygens (including phenoxy) is 1. The highest BCUT2D eigenvalue weighted by molar-refractivity contribution is 5.94. The molecular formula is C16H17FN2O2. The Bertz CT molecular complexity index is 658. The van der Waals surface area contributed by atoms with E-state index in [0.717, 1.165) is 5.56 Å². The van der Waals surface area contributed by atoms with Gasteiger partial charge in [0.15, 0.2) is 0 Å². The van der Waals surface area contributed by atoms with Crippen molar-refractivity contribution in [1.29, 1.82) is 0 Å². The number of anilines is 1. The molecule has 2 rings (SSSR count). The largest absolute Gasteiger partial charge is 0.465 e. The quantitative estimate of drug-likeness (QED) is 0.875. The molecule has 1 aromatic heterocycles. The van der Waals surface area contributed by atoms with Crippen molar-refractivity contribution in [3.63, 3.8) is 0 Å². The molecule has 1 atom stereocenters. The van der Waals surface area contributed by atoms with Crippen molar-refractivity contribution in [2.24, 2.45) is 0 Å². The van der Waals surface area contributed by atoms with E-state index in [-0.39, 0.29) is 11.9 Å². The smallest absolute Gasteiger partial charge is 0.341 e. The molecule has 0 aliphatic carbocycles. The van der Waals surface area contributed by atoms with Gasteiger partial charge in [0.1, 0.15) is 17.2 Å². The Morgan fingerprint density at radius 1 is 1.38 bits per heavy atom. The molecule has 2 aromatic rings. The molecule has 0 saturated carbocycles. The van der Waals surface area contributed by atoms with Gasteiger partial charge < -0.3 is 10.1 Å². The second-order valence-corrected chi connectivity index (χ2v) is 4.77. The molecule has 5 heteroatoms. The van der Waals surface area contributed by atoms with Crippen molar-refractivity contribution in [3.05, 3.63) is 59.0 Å². The summed E-state index contributed by atoms with van der Waals surface area (Å²) in [6.45, 7) is 3.59. The zero-order chi connectivity index (χ0) is 15.4. The summed E-state index contributed by atoms with van der Waals surface area (Å²) in [5.41, 5.74) is 1.72. The predicted molar refractivity (Wildman–Crippen MR) is 78.8 cm³/mol. The van der Waals surface area contributed by atoms with Gasteiger partial charge in [-0.05, 0) is 43.2 Å². The summed E-state index contributed by atoms with van der Waals surface area (Å²) in [6, 6.07) is 8.14. The number of carbonyl (C=O) groups excluding carboxylic acids is 1. The normalized spacial score (nSPS) is 11.8. The summed E-state index contributed by atoms with van der Waals surface area (Å²) < 4.78 is 18.3. The highest BCUT2D eigenvalue weighted by Crippen LogP contribution is 2.22. The minimum absolute atomic E-state index is 0.196. The Balaban J connectivity index is 2.25. The number of hydrogen-bond acceptors (Lipinski definition) is 4. The second-order valence-electron chi connectivity index (χ2n) is 4.77. The molecule has 1 aromatic carbocycles. The van der Waals surface area contributed by atoms with Crippen LogP contribution >= 0.6 is 0 Å². The van der Waals surface area contributed by atoms with Crippen LogP contribution in [-0.2, 0) is 4.74 Å². The fraction of sp³-hybridized carbons (Fsp3) is 0.250. The monoisotopic (exact) mass is 288 g/mol. The summed E-state index contributed by atoms with van der Waals surface area (Å²) in [7, 11) is 1.32. The molecule has 0 amide bonds. The van der Waals surface area contributed by atoms with Crippen LogP contribution in [0.2, 0.25) is 0 Å². The van der Waals surface area contributed by atoms with Crippen LogP contribution in [0.5, 0.6) is 0 Å². The van der Waals surface area contributed by atoms with E-state index in [9.17, 15) is 9.18 Å². The molecule has 1 heterocycles. The van der Waals surface area contributed by atoms with Gasteiger partial charge in [-0.1, -0.05) is 12.1 Å². The number of pyridine rings is 1. The number of aromatic nitrogens is 1. The number of halogens is 1. The topological polar surface area (TPSA) is 51.2 Å². The lowest BCUT2D eigenvalue weighted by Crippen LogP contribution is -2.13. The van der Waals surface area contributed by atoms with Crippen LogP contribution in [0.25, 0.3) is 0 Å². The first kappa shape index (κ1) is 15.0. The number of hydrogen-bond donors (Lipinski definition) is 1. The van der Waals surface area contributed by atoms with E-state index in [0.29, 0.717) is 16.9 Å². The maximum absolute atomic E-state index is 13.6. The van der Waals surface area contributed by atoms with E-state index < -0.39 is 5.97 Å². The van der Waals surface area contributed by atoms with Crippen LogP contribution in [0.15, 0.2) is 36.5 Å². The summed E-state index contributed by atoms with van der Waals surface area (Å²) >= 11 is 0. The van der Waals surface area contributed by atoms with Crippen molar-refractivity contribution in [2.75, 3.05) is 12.4 Å². The second kappa shape index (κ2) is 6.35. The summed E-state index contributed by atoms with van der Waals surface area (Å²) in [6.07, 6.45) is 1.58. The highest BCUT2D eigenvalue weighted by atomic mass is 19.1. The van der Waals surface area contributed by atoms with E-state index in [1.165, 1.54) is 13.2 Å². The van der Waals surface area contributed by atoms with Crippen molar-refractivity contribution in [2.45, 2.75) is 19.9 Å². The number of nitrogens with zero attached hydrogens (tertiary/aromatic N) is 1. The van der Waals surface area contributed by atoms with Gasteiger partial charge in [-0.2, -0.15) is 0 Å². The Kier molecular flexibility index (Phi) is 4.52. The molecule has 4 nitrogen and oxygen atoms in total. The molecule has 1 N–H and O–H groups in total. The van der Waals surface area contributed by atoms with Crippen LogP contribution in [0.4, 0.5) is 10.2 Å². The van der Waals surface area contributed by atoms with Crippen LogP contribution < -0.4 is 5.32 Å². The van der Waals surface area contributed by atoms with Crippen LogP contribution in [0, 0.1) is 12.7 Å². The molecule has 0 bridgehead atoms. The Labute approximate surface area is 123 Å². The Hall–Kier alpha value is -2.43. The average molecular weight is 288 g/mol. The summed E-state index contributed by atoms with van der Waals surface area (Å²) in [4.78, 5) is 15.8. The molecule has 0 aliphatic rings. The third-order valence-corrected chi connectivity index (χ3v) is 3.26. The fourth-order valence-electron chi connectivity index (χ4n) is 1.96. The number of esters is 1. The summed E-state index contributed by atoms with van der Waals surface area (Å²) in [5, 5.41) is 3.11. The zero-order valence-electron chi connectivity index (χ0n) is 12.2. The van der Waals surface area contributed by atoms with Crippen molar-refractivity contribution < 1.29 is 13.9 Å². The van der Waals surface area contributed by atoms with Gasteiger partial charge in [-0.15, -0.1) is 0 Å². The SMILES string of the molecule is COC(=O)c1cccnc1NC(C)c1ccc(C)c(F)c1. The van der Waals surface area contributed by atoms with E-state index in [4.69, 9.17) is 4.74 Å². The lowest BCUT2D eigenvalue weighted by atomic mass is 10.1. The van der Waals surface area contributed by atoms with Crippen molar-refractivity contribution in [1.82, 2.24) is 4.98 Å². The molecule has 0 saturated heterocycles. The van der Waals surface area contributed by atoms with Gasteiger partial charge >= 0.3 is 5.97 Å². The first-order valence-corrected chi connectivity index (χ1v) is 6.59. The number of aryl methyl sites for hydroxylation is 1. The number of carbonyl (C=O) groups is 1. The number of rotatable bonds is 4. The third kappa shape index (κ3) is 3.37. The molecular weight excluding hydrogens is 271 g/mol. The van der Waals surface area contributed by atoms with Crippen LogP contribution in [-0.4, -0.2) is 18.1 Å². The van der Waals surface area contributed by atoms with Gasteiger partial charge in [-0.3, -0.25) is 0 Å². The number of benzene rings is 1. The van der Waals surface area contributed by atoms with E-state index >= 15 is 0 Å². The van der Waals surface area contributed by atoms with E-state index in [1.54, 1.807) is 31.3 Å². The lowest BCUT2D eigenvalue weighted by molar-refractivity contribution is 0.0601. The maximum atomic E-state index is 13.6. The van der Waals surface area contributed by atoms with Gasteiger partial charge in [0.2, 0.25) is 0 Å². The Morgan fingerprint density at radius 2 is 2.14 bits per heavy atom. The number of nitrogens with one attached hydrogen (secondary N) is 1. The molecule has 0 spiro atoms. The fourth-order valence-corrected chi connectivity index (χ4v) is 1.96. The standard InChI is InChI=1S/C16H17FN2O2/c1-10-6-7-12(9-14(10)17)11(2)19-15-13(16(20)21-3)5-4-8-18-15/h4-9,11H,1-3H3,(H,18,19). The first-order chi connectivity index (χ1) is 10.0. The molecule has 1 unspecified atom stereocenters. The first-order valence-electron chi connectivity index (χ1n) is 6.59. The molecule has 110 valence electrons. The minimum atomic E-state index is -0.465. The van der Waals surface area contributed by atoms with E-state index in [1.807, 2.05) is 13.0 Å². The summed E-state index contributed by atoms with van der Waals surface area (Å²) in [5.74, 6) is -0.305. The number of methoxy groups -OCH3 is 1. The van der Waals surface area contributed by atoms with E-state index in [2.05, 4.69) is 10.3 Å². The third-order valence-electron chi connectivity index (χ3n) is 3.26. The van der Waals surface area contributed by atoms with Crippen LogP contribution in [0.3, 0.4) is 0 Å². The van der Waals surface area contributed by atoms with Crippen LogP contribution in [0.1, 0.15) is 34.5 Å². The van der Waals surface area contributed by atoms with Gasteiger partial charge in [0, 0.05) is 6.20 Å². The van der Waals surface area contributed by atoms with Crippen molar-refractivity contribution in [3.8, 4) is 0 Å². The molecule has 0 fully saturated rings. The predicted octanol–water partition coefficient (Wildman–Crippen LogP) is 3.49. The zero-order valence-corrected chi connectivity index (χ0v) is 12.2. The van der Waals surface area contributed by atoms with Gasteiger partial charge in [0.05, 0.1) is 13.2 Å². The Morgan fingerprint density at radius 3 is 2.81 bits per heavy atom. The average Bonchev–Trinajstić information content (AvgIpc) is 2.49. The molecule has 0 aliphatic heterocycles. The minimum Gasteiger partial charge on any atom is -0.465 e. The van der Waals surface area contributed by atoms with Gasteiger partial charge in [-0.25, -0.2) is 14.2 Å². The lowest BCUT2D eigenvalue weighted by Gasteiger charge is -2.17. The molecule has 0 radical (unpaired) electrons.